The summed E-state index contributed by atoms with van der Waals surface area (Å²) in [6, 6.07) is 6.50. The highest BCUT2D eigenvalue weighted by molar-refractivity contribution is 5.95. The van der Waals surface area contributed by atoms with Gasteiger partial charge >= 0.3 is 5.97 Å². The highest BCUT2D eigenvalue weighted by atomic mass is 16.5. The summed E-state index contributed by atoms with van der Waals surface area (Å²) < 4.78 is 5.26. The van der Waals surface area contributed by atoms with Crippen molar-refractivity contribution in [1.82, 2.24) is 5.32 Å². The van der Waals surface area contributed by atoms with E-state index in [1.807, 2.05) is 6.92 Å². The summed E-state index contributed by atoms with van der Waals surface area (Å²) in [6.07, 6.45) is 0. The van der Waals surface area contributed by atoms with Gasteiger partial charge < -0.3 is 20.3 Å². The number of carboxylic acid groups (broad SMARTS) is 1. The molecule has 1 atom stereocenters. The predicted molar refractivity (Wildman–Crippen MR) is 68.2 cm³/mol. The molecule has 1 rings (SSSR count). The molecule has 0 fully saturated rings. The van der Waals surface area contributed by atoms with Crippen LogP contribution in [0.2, 0.25) is 0 Å². The summed E-state index contributed by atoms with van der Waals surface area (Å²) in [7, 11) is 0. The second-order valence-electron chi connectivity index (χ2n) is 4.22. The van der Waals surface area contributed by atoms with Crippen molar-refractivity contribution in [3.63, 3.8) is 0 Å². The van der Waals surface area contributed by atoms with E-state index < -0.39 is 17.5 Å². The van der Waals surface area contributed by atoms with Gasteiger partial charge in [-0.1, -0.05) is 6.07 Å². The molecular formula is C13H17NO5. The first-order valence-corrected chi connectivity index (χ1v) is 5.83. The zero-order valence-corrected chi connectivity index (χ0v) is 10.8. The smallest absolute Gasteiger partial charge is 0.337 e. The first kappa shape index (κ1) is 15.0. The maximum atomic E-state index is 11.8. The monoisotopic (exact) mass is 267 g/mol. The van der Waals surface area contributed by atoms with E-state index >= 15 is 0 Å². The third kappa shape index (κ3) is 4.26. The van der Waals surface area contributed by atoms with Gasteiger partial charge in [0.25, 0.3) is 5.91 Å². The number of carboxylic acids is 1. The summed E-state index contributed by atoms with van der Waals surface area (Å²) >= 11 is 0. The molecule has 0 aliphatic rings. The second-order valence-corrected chi connectivity index (χ2v) is 4.22. The molecule has 0 aliphatic carbocycles. The SMILES string of the molecule is CCOc1cccc(C(=O)NCC(C)(O)C(=O)O)c1. The fourth-order valence-electron chi connectivity index (χ4n) is 1.32. The molecule has 0 heterocycles. The Labute approximate surface area is 111 Å². The minimum atomic E-state index is -1.99. The van der Waals surface area contributed by atoms with Crippen molar-refractivity contribution in [2.75, 3.05) is 13.2 Å². The normalized spacial score (nSPS) is 13.4. The summed E-state index contributed by atoms with van der Waals surface area (Å²) in [5.74, 6) is -1.31. The molecule has 0 aromatic heterocycles. The van der Waals surface area contributed by atoms with Gasteiger partial charge in [0.1, 0.15) is 5.75 Å². The lowest BCUT2D eigenvalue weighted by atomic mass is 10.1. The number of hydrogen-bond acceptors (Lipinski definition) is 4. The molecule has 0 spiro atoms. The van der Waals surface area contributed by atoms with Gasteiger partial charge in [-0.05, 0) is 32.0 Å². The van der Waals surface area contributed by atoms with Crippen molar-refractivity contribution in [1.29, 1.82) is 0 Å². The first-order valence-electron chi connectivity index (χ1n) is 5.83. The summed E-state index contributed by atoms with van der Waals surface area (Å²) in [4.78, 5) is 22.5. The zero-order valence-electron chi connectivity index (χ0n) is 10.8. The molecule has 0 aliphatic heterocycles. The van der Waals surface area contributed by atoms with Crippen LogP contribution in [0.3, 0.4) is 0 Å². The van der Waals surface area contributed by atoms with Gasteiger partial charge in [-0.3, -0.25) is 4.79 Å². The zero-order chi connectivity index (χ0) is 14.5. The van der Waals surface area contributed by atoms with Crippen LogP contribution in [-0.2, 0) is 4.79 Å². The number of hydrogen-bond donors (Lipinski definition) is 3. The van der Waals surface area contributed by atoms with Crippen LogP contribution in [-0.4, -0.2) is 40.8 Å². The number of amides is 1. The Morgan fingerprint density at radius 2 is 2.11 bits per heavy atom. The van der Waals surface area contributed by atoms with Gasteiger partial charge in [-0.15, -0.1) is 0 Å². The lowest BCUT2D eigenvalue weighted by molar-refractivity contribution is -0.155. The number of carbonyl (C=O) groups is 2. The van der Waals surface area contributed by atoms with E-state index in [4.69, 9.17) is 9.84 Å². The van der Waals surface area contributed by atoms with Crippen LogP contribution in [0.25, 0.3) is 0 Å². The number of carbonyl (C=O) groups excluding carboxylic acids is 1. The van der Waals surface area contributed by atoms with E-state index in [-0.39, 0.29) is 6.54 Å². The molecule has 1 aromatic rings. The Morgan fingerprint density at radius 1 is 1.42 bits per heavy atom. The number of ether oxygens (including phenoxy) is 1. The third-order valence-electron chi connectivity index (χ3n) is 2.46. The average molecular weight is 267 g/mol. The van der Waals surface area contributed by atoms with Crippen molar-refractivity contribution in [2.24, 2.45) is 0 Å². The summed E-state index contributed by atoms with van der Waals surface area (Å²) in [5, 5.41) is 20.6. The molecule has 1 unspecified atom stereocenters. The number of benzene rings is 1. The predicted octanol–water partition coefficient (Wildman–Crippen LogP) is 0.651. The van der Waals surface area contributed by atoms with Crippen LogP contribution in [0.5, 0.6) is 5.75 Å². The quantitative estimate of drug-likeness (QED) is 0.703. The van der Waals surface area contributed by atoms with Gasteiger partial charge in [0, 0.05) is 5.56 Å². The van der Waals surface area contributed by atoms with E-state index in [1.165, 1.54) is 0 Å². The minimum Gasteiger partial charge on any atom is -0.494 e. The van der Waals surface area contributed by atoms with Crippen LogP contribution in [0, 0.1) is 0 Å². The molecule has 6 nitrogen and oxygen atoms in total. The van der Waals surface area contributed by atoms with Crippen molar-refractivity contribution in [2.45, 2.75) is 19.4 Å². The van der Waals surface area contributed by atoms with Crippen LogP contribution in [0.1, 0.15) is 24.2 Å². The lowest BCUT2D eigenvalue weighted by Gasteiger charge is -2.18. The largest absolute Gasteiger partial charge is 0.494 e. The van der Waals surface area contributed by atoms with E-state index in [0.717, 1.165) is 6.92 Å². The Morgan fingerprint density at radius 3 is 2.68 bits per heavy atom. The van der Waals surface area contributed by atoms with E-state index in [0.29, 0.717) is 17.9 Å². The maximum absolute atomic E-state index is 11.8. The van der Waals surface area contributed by atoms with Crippen LogP contribution >= 0.6 is 0 Å². The number of nitrogens with one attached hydrogen (secondary N) is 1. The van der Waals surface area contributed by atoms with Crippen molar-refractivity contribution < 1.29 is 24.5 Å². The van der Waals surface area contributed by atoms with Crippen molar-refractivity contribution in [3.05, 3.63) is 29.8 Å². The molecule has 104 valence electrons. The van der Waals surface area contributed by atoms with Gasteiger partial charge in [-0.25, -0.2) is 4.79 Å². The molecule has 3 N–H and O–H groups in total. The Bertz CT molecular complexity index is 470. The van der Waals surface area contributed by atoms with Crippen molar-refractivity contribution >= 4 is 11.9 Å². The average Bonchev–Trinajstić information content (AvgIpc) is 2.36. The van der Waals surface area contributed by atoms with E-state index in [2.05, 4.69) is 5.32 Å². The van der Waals surface area contributed by atoms with Gasteiger partial charge in [-0.2, -0.15) is 0 Å². The summed E-state index contributed by atoms with van der Waals surface area (Å²) in [5.41, 5.74) is -1.65. The highest BCUT2D eigenvalue weighted by Crippen LogP contribution is 2.13. The second kappa shape index (κ2) is 6.19. The maximum Gasteiger partial charge on any atom is 0.337 e. The molecular weight excluding hydrogens is 250 g/mol. The molecule has 0 bridgehead atoms. The first-order chi connectivity index (χ1) is 8.86. The van der Waals surface area contributed by atoms with E-state index in [1.54, 1.807) is 24.3 Å². The number of aliphatic hydroxyl groups is 1. The Kier molecular flexibility index (Phi) is 4.88. The highest BCUT2D eigenvalue weighted by Gasteiger charge is 2.30. The molecule has 0 radical (unpaired) electrons. The number of aliphatic carboxylic acids is 1. The van der Waals surface area contributed by atoms with Crippen LogP contribution in [0.15, 0.2) is 24.3 Å². The van der Waals surface area contributed by atoms with Crippen molar-refractivity contribution in [3.8, 4) is 5.75 Å². The summed E-state index contributed by atoms with van der Waals surface area (Å²) in [6.45, 7) is 3.06. The molecule has 1 amide bonds. The van der Waals surface area contributed by atoms with Gasteiger partial charge in [0.05, 0.1) is 13.2 Å². The van der Waals surface area contributed by atoms with E-state index in [9.17, 15) is 14.7 Å². The van der Waals surface area contributed by atoms with Crippen LogP contribution < -0.4 is 10.1 Å². The fraction of sp³-hybridized carbons (Fsp3) is 0.385. The van der Waals surface area contributed by atoms with Crippen LogP contribution in [0.4, 0.5) is 0 Å². The van der Waals surface area contributed by atoms with Gasteiger partial charge in [0.15, 0.2) is 5.60 Å². The van der Waals surface area contributed by atoms with Gasteiger partial charge in [0.2, 0.25) is 0 Å². The Hall–Kier alpha value is -2.08. The lowest BCUT2D eigenvalue weighted by Crippen LogP contribution is -2.46. The molecule has 0 saturated carbocycles. The molecule has 6 heteroatoms. The molecule has 0 saturated heterocycles. The topological polar surface area (TPSA) is 95.9 Å². The standard InChI is InChI=1S/C13H17NO5/c1-3-19-10-6-4-5-9(7-10)11(15)14-8-13(2,18)12(16)17/h4-7,18H,3,8H2,1-2H3,(H,14,15)(H,16,17). The Balaban J connectivity index is 2.68. The number of rotatable bonds is 6. The molecule has 19 heavy (non-hydrogen) atoms. The minimum absolute atomic E-state index is 0.340. The third-order valence-corrected chi connectivity index (χ3v) is 2.46. The molecule has 1 aromatic carbocycles. The fourth-order valence-corrected chi connectivity index (χ4v) is 1.32.